The molecule has 0 aromatic rings. The number of rotatable bonds is 4. The van der Waals surface area contributed by atoms with Crippen molar-refractivity contribution in [1.29, 1.82) is 0 Å². The van der Waals surface area contributed by atoms with Crippen LogP contribution in [0, 0.1) is 0 Å². The Hall–Kier alpha value is -0.120. The van der Waals surface area contributed by atoms with Gasteiger partial charge in [0.05, 0.1) is 6.61 Å². The van der Waals surface area contributed by atoms with E-state index in [0.29, 0.717) is 6.04 Å². The van der Waals surface area contributed by atoms with Crippen LogP contribution in [0.3, 0.4) is 0 Å². The molecule has 1 fully saturated rings. The molecule has 1 rings (SSSR count). The largest absolute Gasteiger partial charge is 0.395 e. The molecule has 0 radical (unpaired) electrons. The zero-order valence-electron chi connectivity index (χ0n) is 9.32. The summed E-state index contributed by atoms with van der Waals surface area (Å²) in [7, 11) is 0. The normalized spacial score (nSPS) is 25.0. The maximum Gasteiger partial charge on any atom is 0.0586 e. The fraction of sp³-hybridized carbons (Fsp3) is 0.667. The van der Waals surface area contributed by atoms with Crippen molar-refractivity contribution in [3.05, 3.63) is 22.7 Å². The second-order valence-corrected chi connectivity index (χ2v) is 4.83. The Morgan fingerprint density at radius 3 is 3.00 bits per heavy atom. The van der Waals surface area contributed by atoms with E-state index in [1.54, 1.807) is 0 Å². The Balaban J connectivity index is 2.44. The number of halogens is 1. The van der Waals surface area contributed by atoms with Gasteiger partial charge in [-0.25, -0.2) is 0 Å². The predicted molar refractivity (Wildman–Crippen MR) is 68.1 cm³/mol. The van der Waals surface area contributed by atoms with E-state index in [-0.39, 0.29) is 6.61 Å². The number of piperidine rings is 1. The molecule has 0 bridgehead atoms. The van der Waals surface area contributed by atoms with Crippen LogP contribution in [0.15, 0.2) is 22.7 Å². The van der Waals surface area contributed by atoms with Crippen molar-refractivity contribution in [2.24, 2.45) is 0 Å². The Morgan fingerprint density at radius 1 is 1.53 bits per heavy atom. The zero-order chi connectivity index (χ0) is 11.1. The SMILES string of the molecule is C/C=C/C(Br)=C/CN1CCCCC1CO. The number of aliphatic hydroxyl groups excluding tert-OH is 1. The first-order valence-electron chi connectivity index (χ1n) is 5.61. The van der Waals surface area contributed by atoms with Crippen LogP contribution in [-0.4, -0.2) is 35.7 Å². The lowest BCUT2D eigenvalue weighted by molar-refractivity contribution is 0.101. The van der Waals surface area contributed by atoms with Gasteiger partial charge in [0.1, 0.15) is 0 Å². The summed E-state index contributed by atoms with van der Waals surface area (Å²) in [6.45, 7) is 4.33. The molecule has 0 aliphatic carbocycles. The zero-order valence-corrected chi connectivity index (χ0v) is 10.9. The minimum Gasteiger partial charge on any atom is -0.395 e. The number of hydrogen-bond donors (Lipinski definition) is 1. The van der Waals surface area contributed by atoms with Gasteiger partial charge >= 0.3 is 0 Å². The number of nitrogens with zero attached hydrogens (tertiary/aromatic N) is 1. The highest BCUT2D eigenvalue weighted by Crippen LogP contribution is 2.17. The van der Waals surface area contributed by atoms with Gasteiger partial charge in [-0.2, -0.15) is 0 Å². The summed E-state index contributed by atoms with van der Waals surface area (Å²) in [5, 5.41) is 9.24. The first kappa shape index (κ1) is 12.9. The minimum absolute atomic E-state index is 0.287. The van der Waals surface area contributed by atoms with Crippen LogP contribution in [0.1, 0.15) is 26.2 Å². The molecule has 0 aromatic heterocycles. The van der Waals surface area contributed by atoms with Gasteiger partial charge in [-0.15, -0.1) is 0 Å². The van der Waals surface area contributed by atoms with E-state index in [9.17, 15) is 5.11 Å². The molecule has 1 N–H and O–H groups in total. The Labute approximate surface area is 101 Å². The minimum atomic E-state index is 0.287. The third kappa shape index (κ3) is 4.49. The summed E-state index contributed by atoms with van der Waals surface area (Å²) in [4.78, 5) is 2.36. The average molecular weight is 274 g/mol. The lowest BCUT2D eigenvalue weighted by atomic mass is 10.0. The van der Waals surface area contributed by atoms with Gasteiger partial charge < -0.3 is 5.11 Å². The van der Waals surface area contributed by atoms with Crippen LogP contribution in [0.25, 0.3) is 0 Å². The van der Waals surface area contributed by atoms with Crippen molar-refractivity contribution in [2.75, 3.05) is 19.7 Å². The van der Waals surface area contributed by atoms with Gasteiger partial charge in [-0.1, -0.05) is 40.6 Å². The van der Waals surface area contributed by atoms with Gasteiger partial charge in [0.2, 0.25) is 0 Å². The topological polar surface area (TPSA) is 23.5 Å². The van der Waals surface area contributed by atoms with E-state index in [2.05, 4.69) is 26.9 Å². The average Bonchev–Trinajstić information content (AvgIpc) is 2.27. The number of hydrogen-bond acceptors (Lipinski definition) is 2. The number of aliphatic hydroxyl groups is 1. The van der Waals surface area contributed by atoms with Crippen LogP contribution < -0.4 is 0 Å². The lowest BCUT2D eigenvalue weighted by Crippen LogP contribution is -2.41. The molecule has 0 spiro atoms. The third-order valence-corrected chi connectivity index (χ3v) is 3.39. The summed E-state index contributed by atoms with van der Waals surface area (Å²) >= 11 is 3.49. The molecule has 2 nitrogen and oxygen atoms in total. The van der Waals surface area contributed by atoms with Crippen molar-refractivity contribution < 1.29 is 5.11 Å². The van der Waals surface area contributed by atoms with E-state index in [1.165, 1.54) is 12.8 Å². The molecule has 15 heavy (non-hydrogen) atoms. The monoisotopic (exact) mass is 273 g/mol. The van der Waals surface area contributed by atoms with Crippen molar-refractivity contribution >= 4 is 15.9 Å². The molecule has 1 unspecified atom stereocenters. The van der Waals surface area contributed by atoms with Gasteiger partial charge in [0.25, 0.3) is 0 Å². The molecule has 1 heterocycles. The van der Waals surface area contributed by atoms with Gasteiger partial charge in [-0.05, 0) is 26.3 Å². The first-order valence-corrected chi connectivity index (χ1v) is 6.40. The maximum absolute atomic E-state index is 9.24. The molecule has 3 heteroatoms. The molecule has 1 saturated heterocycles. The van der Waals surface area contributed by atoms with Crippen LogP contribution in [0.5, 0.6) is 0 Å². The van der Waals surface area contributed by atoms with Crippen molar-refractivity contribution in [3.8, 4) is 0 Å². The molecule has 1 aliphatic heterocycles. The quantitative estimate of drug-likeness (QED) is 0.797. The molecule has 0 amide bonds. The van der Waals surface area contributed by atoms with Crippen molar-refractivity contribution in [1.82, 2.24) is 4.90 Å². The molecular formula is C12H20BrNO. The lowest BCUT2D eigenvalue weighted by Gasteiger charge is -2.33. The molecule has 0 saturated carbocycles. The van der Waals surface area contributed by atoms with Crippen LogP contribution in [0.2, 0.25) is 0 Å². The van der Waals surface area contributed by atoms with Gasteiger partial charge in [-0.3, -0.25) is 4.90 Å². The Morgan fingerprint density at radius 2 is 2.33 bits per heavy atom. The van der Waals surface area contributed by atoms with Crippen molar-refractivity contribution in [3.63, 3.8) is 0 Å². The number of allylic oxidation sites excluding steroid dienone is 3. The highest BCUT2D eigenvalue weighted by molar-refractivity contribution is 9.11. The van der Waals surface area contributed by atoms with Crippen LogP contribution in [0.4, 0.5) is 0 Å². The summed E-state index contributed by atoms with van der Waals surface area (Å²) in [5.41, 5.74) is 0. The highest BCUT2D eigenvalue weighted by atomic mass is 79.9. The smallest absolute Gasteiger partial charge is 0.0586 e. The molecule has 1 atom stereocenters. The predicted octanol–water partition coefficient (Wildman–Crippen LogP) is 2.69. The molecular weight excluding hydrogens is 254 g/mol. The van der Waals surface area contributed by atoms with E-state index >= 15 is 0 Å². The fourth-order valence-electron chi connectivity index (χ4n) is 1.94. The van der Waals surface area contributed by atoms with E-state index < -0.39 is 0 Å². The van der Waals surface area contributed by atoms with Gasteiger partial charge in [0, 0.05) is 17.1 Å². The summed E-state index contributed by atoms with van der Waals surface area (Å²) in [6, 6.07) is 0.362. The summed E-state index contributed by atoms with van der Waals surface area (Å²) in [5.74, 6) is 0. The first-order chi connectivity index (χ1) is 7.27. The van der Waals surface area contributed by atoms with Crippen LogP contribution >= 0.6 is 15.9 Å². The third-order valence-electron chi connectivity index (χ3n) is 2.81. The summed E-state index contributed by atoms with van der Waals surface area (Å²) < 4.78 is 1.12. The highest BCUT2D eigenvalue weighted by Gasteiger charge is 2.20. The van der Waals surface area contributed by atoms with Gasteiger partial charge in [0.15, 0.2) is 0 Å². The van der Waals surface area contributed by atoms with Crippen LogP contribution in [-0.2, 0) is 0 Å². The van der Waals surface area contributed by atoms with Crippen molar-refractivity contribution in [2.45, 2.75) is 32.2 Å². The standard InChI is InChI=1S/C12H20BrNO/c1-2-5-11(13)7-9-14-8-4-3-6-12(14)10-15/h2,5,7,12,15H,3-4,6,8-10H2,1H3/b5-2+,11-7-. The van der Waals surface area contributed by atoms with E-state index in [0.717, 1.165) is 24.0 Å². The second-order valence-electron chi connectivity index (χ2n) is 3.92. The Kier molecular flexibility index (Phi) is 6.22. The fourth-order valence-corrected chi connectivity index (χ4v) is 2.35. The second kappa shape index (κ2) is 7.20. The number of likely N-dealkylation sites (tertiary alicyclic amines) is 1. The van der Waals surface area contributed by atoms with E-state index in [1.807, 2.05) is 19.1 Å². The Bertz CT molecular complexity index is 238. The maximum atomic E-state index is 9.24. The van der Waals surface area contributed by atoms with E-state index in [4.69, 9.17) is 0 Å². The summed E-state index contributed by atoms with van der Waals surface area (Å²) in [6.07, 6.45) is 9.85. The molecule has 86 valence electrons. The molecule has 0 aromatic carbocycles. The molecule has 1 aliphatic rings.